The molecule has 0 radical (unpaired) electrons. The number of hydrogen-bond donors (Lipinski definition) is 3. The fraction of sp³-hybridized carbons (Fsp3) is 0.429. The van der Waals surface area contributed by atoms with Crippen LogP contribution < -0.4 is 10.6 Å². The Morgan fingerprint density at radius 3 is 2.44 bits per heavy atom. The van der Waals surface area contributed by atoms with Crippen molar-refractivity contribution in [2.75, 3.05) is 7.05 Å². The Hall–Kier alpha value is -2.60. The summed E-state index contributed by atoms with van der Waals surface area (Å²) in [5.74, 6) is 0.608. The SMILES string of the molecule is CNC(=O)c1cc(C(=O)NC2C3CC(O)CC32)c(C(C)c2ccccc2)o1. The van der Waals surface area contributed by atoms with Crippen LogP contribution in [0.15, 0.2) is 40.8 Å². The molecule has 142 valence electrons. The molecule has 0 spiro atoms. The second-order valence-corrected chi connectivity index (χ2v) is 7.55. The number of benzene rings is 1. The van der Waals surface area contributed by atoms with Crippen LogP contribution in [0.4, 0.5) is 0 Å². The fourth-order valence-electron chi connectivity index (χ4n) is 4.29. The summed E-state index contributed by atoms with van der Waals surface area (Å²) in [6, 6.07) is 11.4. The molecular formula is C21H24N2O4. The molecule has 6 heteroatoms. The molecule has 4 rings (SSSR count). The summed E-state index contributed by atoms with van der Waals surface area (Å²) in [5.41, 5.74) is 1.41. The first kappa shape index (κ1) is 17.8. The van der Waals surface area contributed by atoms with Gasteiger partial charge in [-0.1, -0.05) is 37.3 Å². The molecule has 1 aromatic heterocycles. The Morgan fingerprint density at radius 1 is 1.15 bits per heavy atom. The first-order valence-corrected chi connectivity index (χ1v) is 9.39. The third kappa shape index (κ3) is 3.25. The van der Waals surface area contributed by atoms with Crippen LogP contribution in [-0.2, 0) is 0 Å². The second kappa shape index (κ2) is 6.85. The molecule has 1 heterocycles. The van der Waals surface area contributed by atoms with Crippen molar-refractivity contribution < 1.29 is 19.1 Å². The number of hydrogen-bond acceptors (Lipinski definition) is 4. The van der Waals surface area contributed by atoms with E-state index in [9.17, 15) is 14.7 Å². The van der Waals surface area contributed by atoms with E-state index >= 15 is 0 Å². The van der Waals surface area contributed by atoms with Gasteiger partial charge in [0.1, 0.15) is 5.76 Å². The molecular weight excluding hydrogens is 344 g/mol. The third-order valence-electron chi connectivity index (χ3n) is 5.87. The number of carbonyl (C=O) groups excluding carboxylic acids is 2. The summed E-state index contributed by atoms with van der Waals surface area (Å²) >= 11 is 0. The summed E-state index contributed by atoms with van der Waals surface area (Å²) in [6.07, 6.45) is 1.26. The molecule has 2 aromatic rings. The lowest BCUT2D eigenvalue weighted by Gasteiger charge is -2.13. The molecule has 3 atom stereocenters. The van der Waals surface area contributed by atoms with Gasteiger partial charge in [0.05, 0.1) is 11.7 Å². The Morgan fingerprint density at radius 2 is 1.81 bits per heavy atom. The number of aliphatic hydroxyl groups is 1. The van der Waals surface area contributed by atoms with Crippen molar-refractivity contribution in [3.63, 3.8) is 0 Å². The first-order valence-electron chi connectivity index (χ1n) is 9.39. The smallest absolute Gasteiger partial charge is 0.286 e. The second-order valence-electron chi connectivity index (χ2n) is 7.55. The maximum atomic E-state index is 12.9. The number of rotatable bonds is 5. The maximum Gasteiger partial charge on any atom is 0.286 e. The highest BCUT2D eigenvalue weighted by Crippen LogP contribution is 2.52. The van der Waals surface area contributed by atoms with Gasteiger partial charge in [-0.05, 0) is 30.2 Å². The molecule has 3 unspecified atom stereocenters. The largest absolute Gasteiger partial charge is 0.454 e. The monoisotopic (exact) mass is 368 g/mol. The molecule has 2 fully saturated rings. The van der Waals surface area contributed by atoms with Gasteiger partial charge in [-0.2, -0.15) is 0 Å². The van der Waals surface area contributed by atoms with E-state index in [0.29, 0.717) is 23.2 Å². The van der Waals surface area contributed by atoms with Crippen molar-refractivity contribution in [1.82, 2.24) is 10.6 Å². The van der Waals surface area contributed by atoms with E-state index in [1.807, 2.05) is 37.3 Å². The van der Waals surface area contributed by atoms with Gasteiger partial charge in [0.15, 0.2) is 5.76 Å². The van der Waals surface area contributed by atoms with Gasteiger partial charge >= 0.3 is 0 Å². The van der Waals surface area contributed by atoms with Gasteiger partial charge in [-0.3, -0.25) is 9.59 Å². The first-order chi connectivity index (χ1) is 13.0. The van der Waals surface area contributed by atoms with Crippen LogP contribution in [0.3, 0.4) is 0 Å². The minimum atomic E-state index is -0.359. The van der Waals surface area contributed by atoms with Gasteiger partial charge < -0.3 is 20.2 Å². The number of aliphatic hydroxyl groups excluding tert-OH is 1. The maximum absolute atomic E-state index is 12.9. The number of amides is 2. The van der Waals surface area contributed by atoms with Crippen LogP contribution >= 0.6 is 0 Å². The Kier molecular flexibility index (Phi) is 4.52. The summed E-state index contributed by atoms with van der Waals surface area (Å²) < 4.78 is 5.80. The van der Waals surface area contributed by atoms with Crippen LogP contribution in [0.5, 0.6) is 0 Å². The predicted molar refractivity (Wildman–Crippen MR) is 99.5 cm³/mol. The van der Waals surface area contributed by atoms with E-state index in [0.717, 1.165) is 18.4 Å². The number of nitrogens with one attached hydrogen (secondary N) is 2. The van der Waals surface area contributed by atoms with E-state index in [1.54, 1.807) is 0 Å². The molecule has 3 N–H and O–H groups in total. The minimum Gasteiger partial charge on any atom is -0.454 e. The van der Waals surface area contributed by atoms with Gasteiger partial charge in [0.2, 0.25) is 0 Å². The van der Waals surface area contributed by atoms with Crippen LogP contribution in [0.1, 0.15) is 57.9 Å². The van der Waals surface area contributed by atoms with Crippen LogP contribution in [0.2, 0.25) is 0 Å². The zero-order valence-corrected chi connectivity index (χ0v) is 15.4. The number of furan rings is 1. The van der Waals surface area contributed by atoms with Crippen molar-refractivity contribution in [2.24, 2.45) is 11.8 Å². The van der Waals surface area contributed by atoms with Crippen LogP contribution in [0, 0.1) is 11.8 Å². The molecule has 1 aromatic carbocycles. The Bertz CT molecular complexity index is 848. The lowest BCUT2D eigenvalue weighted by atomic mass is 9.96. The van der Waals surface area contributed by atoms with Crippen LogP contribution in [0.25, 0.3) is 0 Å². The highest BCUT2D eigenvalue weighted by atomic mass is 16.4. The van der Waals surface area contributed by atoms with Gasteiger partial charge in [-0.15, -0.1) is 0 Å². The molecule has 27 heavy (non-hydrogen) atoms. The predicted octanol–water partition coefficient (Wildman–Crippen LogP) is 2.29. The van der Waals surface area contributed by atoms with E-state index in [1.165, 1.54) is 13.1 Å². The van der Waals surface area contributed by atoms with Crippen molar-refractivity contribution in [3.8, 4) is 0 Å². The topological polar surface area (TPSA) is 91.6 Å². The van der Waals surface area contributed by atoms with Gasteiger partial charge in [0.25, 0.3) is 11.8 Å². The quantitative estimate of drug-likeness (QED) is 0.755. The molecule has 2 amide bonds. The lowest BCUT2D eigenvalue weighted by Crippen LogP contribution is -2.30. The van der Waals surface area contributed by atoms with E-state index < -0.39 is 0 Å². The summed E-state index contributed by atoms with van der Waals surface area (Å²) in [7, 11) is 1.53. The highest BCUT2D eigenvalue weighted by molar-refractivity contribution is 5.99. The normalized spacial score (nSPS) is 26.9. The van der Waals surface area contributed by atoms with Crippen molar-refractivity contribution in [1.29, 1.82) is 0 Å². The Labute approximate surface area is 158 Å². The van der Waals surface area contributed by atoms with Gasteiger partial charge in [0, 0.05) is 25.1 Å². The number of carbonyl (C=O) groups is 2. The average Bonchev–Trinajstić information content (AvgIpc) is 3.07. The fourth-order valence-corrected chi connectivity index (χ4v) is 4.29. The summed E-state index contributed by atoms with van der Waals surface area (Å²) in [6.45, 7) is 1.96. The van der Waals surface area contributed by atoms with E-state index in [-0.39, 0.29) is 35.6 Å². The molecule has 2 aliphatic rings. The molecule has 0 saturated heterocycles. The molecule has 6 nitrogen and oxygen atoms in total. The molecule has 0 aliphatic heterocycles. The van der Waals surface area contributed by atoms with Crippen LogP contribution in [-0.4, -0.2) is 36.1 Å². The zero-order valence-electron chi connectivity index (χ0n) is 15.4. The molecule has 2 aliphatic carbocycles. The van der Waals surface area contributed by atoms with Gasteiger partial charge in [-0.25, -0.2) is 0 Å². The zero-order chi connectivity index (χ0) is 19.1. The standard InChI is InChI=1S/C21H24N2O4/c1-11(12-6-4-3-5-7-12)19-16(10-17(27-19)21(26)22-2)20(25)23-18-14-8-13(24)9-15(14)18/h3-7,10-11,13-15,18,24H,8-9H2,1-2H3,(H,22,26)(H,23,25). The Balaban J connectivity index is 1.59. The lowest BCUT2D eigenvalue weighted by molar-refractivity contribution is 0.0924. The minimum absolute atomic E-state index is 0.110. The highest BCUT2D eigenvalue weighted by Gasteiger charge is 2.56. The third-order valence-corrected chi connectivity index (χ3v) is 5.87. The summed E-state index contributed by atoms with van der Waals surface area (Å²) in [4.78, 5) is 24.9. The van der Waals surface area contributed by atoms with E-state index in [4.69, 9.17) is 4.42 Å². The average molecular weight is 368 g/mol. The molecule has 2 saturated carbocycles. The van der Waals surface area contributed by atoms with Crippen molar-refractivity contribution >= 4 is 11.8 Å². The van der Waals surface area contributed by atoms with E-state index in [2.05, 4.69) is 10.6 Å². The van der Waals surface area contributed by atoms with Crippen molar-refractivity contribution in [2.45, 2.75) is 37.8 Å². The molecule has 0 bridgehead atoms. The van der Waals surface area contributed by atoms with Crippen molar-refractivity contribution in [3.05, 3.63) is 59.0 Å². The summed E-state index contributed by atoms with van der Waals surface area (Å²) in [5, 5.41) is 15.3. The number of fused-ring (bicyclic) bond motifs is 1.